The third-order valence-electron chi connectivity index (χ3n) is 5.16. The summed E-state index contributed by atoms with van der Waals surface area (Å²) in [7, 11) is -3.10. The molecular weight excluding hydrogens is 372 g/mol. The number of nitrogens with zero attached hydrogens (tertiary/aromatic N) is 1. The second kappa shape index (κ2) is 7.64. The van der Waals surface area contributed by atoms with Gasteiger partial charge in [0.1, 0.15) is 0 Å². The maximum Gasteiger partial charge on any atom is 0.322 e. The molecule has 5 nitrogen and oxygen atoms in total. The highest BCUT2D eigenvalue weighted by atomic mass is 32.2. The zero-order valence-corrected chi connectivity index (χ0v) is 16.2. The summed E-state index contributed by atoms with van der Waals surface area (Å²) in [6.07, 6.45) is 0.468. The Labute approximate surface area is 164 Å². The van der Waals surface area contributed by atoms with Crippen LogP contribution in [0.1, 0.15) is 12.0 Å². The van der Waals surface area contributed by atoms with Gasteiger partial charge in [-0.2, -0.15) is 0 Å². The van der Waals surface area contributed by atoms with Crippen LogP contribution in [0.3, 0.4) is 0 Å². The molecule has 2 amide bonds. The van der Waals surface area contributed by atoms with Gasteiger partial charge in [-0.15, -0.1) is 0 Å². The molecule has 1 saturated heterocycles. The summed E-state index contributed by atoms with van der Waals surface area (Å²) >= 11 is 0. The zero-order valence-electron chi connectivity index (χ0n) is 15.4. The Balaban J connectivity index is 1.65. The van der Waals surface area contributed by atoms with Crippen molar-refractivity contribution in [3.05, 3.63) is 78.4 Å². The number of fused-ring (bicyclic) bond motifs is 1. The fourth-order valence-corrected chi connectivity index (χ4v) is 5.45. The number of carbonyl (C=O) groups excluding carboxylic acids is 1. The van der Waals surface area contributed by atoms with Crippen molar-refractivity contribution in [2.75, 3.05) is 16.8 Å². The van der Waals surface area contributed by atoms with Gasteiger partial charge in [0.25, 0.3) is 0 Å². The predicted octanol–water partition coefficient (Wildman–Crippen LogP) is 4.06. The van der Waals surface area contributed by atoms with E-state index in [-0.39, 0.29) is 23.6 Å². The Morgan fingerprint density at radius 2 is 1.68 bits per heavy atom. The van der Waals surface area contributed by atoms with Crippen molar-refractivity contribution in [2.45, 2.75) is 19.0 Å². The number of para-hydroxylation sites is 1. The van der Waals surface area contributed by atoms with Crippen LogP contribution in [0.25, 0.3) is 10.8 Å². The second-order valence-electron chi connectivity index (χ2n) is 7.12. The molecule has 1 aliphatic heterocycles. The van der Waals surface area contributed by atoms with Crippen LogP contribution in [0.15, 0.2) is 72.8 Å². The van der Waals surface area contributed by atoms with Crippen LogP contribution < -0.4 is 5.32 Å². The molecule has 0 aromatic heterocycles. The van der Waals surface area contributed by atoms with Crippen LogP contribution in [0.4, 0.5) is 10.5 Å². The van der Waals surface area contributed by atoms with Crippen molar-refractivity contribution in [3.8, 4) is 0 Å². The van der Waals surface area contributed by atoms with Gasteiger partial charge >= 0.3 is 6.03 Å². The van der Waals surface area contributed by atoms with Gasteiger partial charge in [-0.05, 0) is 34.9 Å². The molecule has 6 heteroatoms. The highest BCUT2D eigenvalue weighted by molar-refractivity contribution is 7.91. The van der Waals surface area contributed by atoms with E-state index in [9.17, 15) is 13.2 Å². The number of anilines is 1. The van der Waals surface area contributed by atoms with Crippen molar-refractivity contribution in [3.63, 3.8) is 0 Å². The van der Waals surface area contributed by atoms with E-state index in [0.717, 1.165) is 16.3 Å². The normalized spacial score (nSPS) is 18.1. The molecule has 144 valence electrons. The zero-order chi connectivity index (χ0) is 19.6. The Morgan fingerprint density at radius 3 is 2.43 bits per heavy atom. The van der Waals surface area contributed by atoms with Gasteiger partial charge in [-0.1, -0.05) is 60.7 Å². The van der Waals surface area contributed by atoms with Gasteiger partial charge in [0.2, 0.25) is 0 Å². The SMILES string of the molecule is O=C(Nc1ccccc1)N(Cc1cccc2ccccc12)[C@@H]1CCS(=O)(=O)C1. The molecule has 1 heterocycles. The van der Waals surface area contributed by atoms with Crippen molar-refractivity contribution in [1.82, 2.24) is 4.90 Å². The topological polar surface area (TPSA) is 66.5 Å². The van der Waals surface area contributed by atoms with Crippen LogP contribution in [0.5, 0.6) is 0 Å². The lowest BCUT2D eigenvalue weighted by Gasteiger charge is -2.29. The number of nitrogens with one attached hydrogen (secondary N) is 1. The largest absolute Gasteiger partial charge is 0.322 e. The Morgan fingerprint density at radius 1 is 0.964 bits per heavy atom. The minimum atomic E-state index is -3.10. The molecule has 3 aromatic rings. The van der Waals surface area contributed by atoms with Crippen molar-refractivity contribution in [2.24, 2.45) is 0 Å². The molecule has 0 spiro atoms. The smallest absolute Gasteiger partial charge is 0.316 e. The molecule has 3 aromatic carbocycles. The molecule has 28 heavy (non-hydrogen) atoms. The fraction of sp³-hybridized carbons (Fsp3) is 0.227. The lowest BCUT2D eigenvalue weighted by Crippen LogP contribution is -2.43. The number of benzene rings is 3. The summed E-state index contributed by atoms with van der Waals surface area (Å²) in [6, 6.07) is 22.6. The van der Waals surface area contributed by atoms with Gasteiger partial charge in [0.05, 0.1) is 11.5 Å². The average Bonchev–Trinajstić information content (AvgIpc) is 3.06. The fourth-order valence-electron chi connectivity index (χ4n) is 3.72. The van der Waals surface area contributed by atoms with E-state index in [1.165, 1.54) is 0 Å². The molecule has 0 radical (unpaired) electrons. The summed E-state index contributed by atoms with van der Waals surface area (Å²) in [4.78, 5) is 14.7. The number of urea groups is 1. The van der Waals surface area contributed by atoms with Crippen molar-refractivity contribution >= 4 is 32.3 Å². The van der Waals surface area contributed by atoms with E-state index in [1.54, 1.807) is 4.90 Å². The Bertz CT molecular complexity index is 1090. The minimum absolute atomic E-state index is 0.0139. The molecule has 4 rings (SSSR count). The molecule has 0 aliphatic carbocycles. The van der Waals surface area contributed by atoms with Gasteiger partial charge < -0.3 is 10.2 Å². The first-order valence-electron chi connectivity index (χ1n) is 9.31. The second-order valence-corrected chi connectivity index (χ2v) is 9.35. The van der Waals surface area contributed by atoms with Gasteiger partial charge in [-0.3, -0.25) is 0 Å². The molecular formula is C22H22N2O3S. The molecule has 1 N–H and O–H groups in total. The van der Waals surface area contributed by atoms with E-state index in [4.69, 9.17) is 0 Å². The first-order chi connectivity index (χ1) is 13.5. The van der Waals surface area contributed by atoms with E-state index in [0.29, 0.717) is 18.7 Å². The molecule has 1 aliphatic rings. The van der Waals surface area contributed by atoms with E-state index in [1.807, 2.05) is 72.8 Å². The monoisotopic (exact) mass is 394 g/mol. The molecule has 0 unspecified atom stereocenters. The minimum Gasteiger partial charge on any atom is -0.316 e. The predicted molar refractivity (Wildman–Crippen MR) is 112 cm³/mol. The summed E-state index contributed by atoms with van der Waals surface area (Å²) in [6.45, 7) is 0.361. The number of amides is 2. The van der Waals surface area contributed by atoms with Crippen LogP contribution >= 0.6 is 0 Å². The molecule has 0 bridgehead atoms. The number of hydrogen-bond donors (Lipinski definition) is 1. The summed E-state index contributed by atoms with van der Waals surface area (Å²) in [5.41, 5.74) is 1.70. The number of carbonyl (C=O) groups is 1. The highest BCUT2D eigenvalue weighted by Gasteiger charge is 2.35. The lowest BCUT2D eigenvalue weighted by molar-refractivity contribution is 0.190. The maximum atomic E-state index is 13.1. The van der Waals surface area contributed by atoms with Crippen LogP contribution in [0.2, 0.25) is 0 Å². The van der Waals surface area contributed by atoms with Crippen molar-refractivity contribution < 1.29 is 13.2 Å². The van der Waals surface area contributed by atoms with Crippen LogP contribution in [0, 0.1) is 0 Å². The average molecular weight is 394 g/mol. The summed E-state index contributed by atoms with van der Waals surface area (Å²) in [5, 5.41) is 5.08. The number of rotatable bonds is 4. The first-order valence-corrected chi connectivity index (χ1v) is 11.1. The van der Waals surface area contributed by atoms with E-state index in [2.05, 4.69) is 5.32 Å². The van der Waals surface area contributed by atoms with Crippen LogP contribution in [-0.2, 0) is 16.4 Å². The van der Waals surface area contributed by atoms with Gasteiger partial charge in [0.15, 0.2) is 9.84 Å². The number of sulfone groups is 1. The van der Waals surface area contributed by atoms with Gasteiger partial charge in [-0.25, -0.2) is 13.2 Å². The summed E-state index contributed by atoms with van der Waals surface area (Å²) in [5.74, 6) is 0.141. The van der Waals surface area contributed by atoms with Gasteiger partial charge in [0, 0.05) is 18.3 Å². The number of hydrogen-bond acceptors (Lipinski definition) is 3. The van der Waals surface area contributed by atoms with Crippen molar-refractivity contribution in [1.29, 1.82) is 0 Å². The quantitative estimate of drug-likeness (QED) is 0.726. The Kier molecular flexibility index (Phi) is 5.05. The molecule has 0 saturated carbocycles. The summed E-state index contributed by atoms with van der Waals surface area (Å²) < 4.78 is 24.1. The van der Waals surface area contributed by atoms with Crippen LogP contribution in [-0.4, -0.2) is 36.9 Å². The standard InChI is InChI=1S/C22H22N2O3S/c25-22(23-19-10-2-1-3-11-19)24(20-13-14-28(26,27)16-20)15-18-9-6-8-17-7-4-5-12-21(17)18/h1-12,20H,13-16H2,(H,23,25)/t20-/m1/s1. The molecule has 1 fully saturated rings. The lowest BCUT2D eigenvalue weighted by atomic mass is 10.0. The highest BCUT2D eigenvalue weighted by Crippen LogP contribution is 2.25. The molecule has 1 atom stereocenters. The Hall–Kier alpha value is -2.86. The maximum absolute atomic E-state index is 13.1. The van der Waals surface area contributed by atoms with E-state index >= 15 is 0 Å². The first kappa shape index (κ1) is 18.5. The van der Waals surface area contributed by atoms with E-state index < -0.39 is 9.84 Å². The third-order valence-corrected chi connectivity index (χ3v) is 6.91. The third kappa shape index (κ3) is 4.02.